The molecule has 1 aromatic carbocycles. The highest BCUT2D eigenvalue weighted by molar-refractivity contribution is 9.10. The van der Waals surface area contributed by atoms with Gasteiger partial charge in [-0.3, -0.25) is 0 Å². The molecule has 0 bridgehead atoms. The van der Waals surface area contributed by atoms with Crippen LogP contribution in [0, 0.1) is 0 Å². The molecular formula is C12H7BrN2S. The van der Waals surface area contributed by atoms with E-state index in [0.717, 1.165) is 21.1 Å². The van der Waals surface area contributed by atoms with Gasteiger partial charge in [0.15, 0.2) is 0 Å². The van der Waals surface area contributed by atoms with Crippen molar-refractivity contribution >= 4 is 38.2 Å². The maximum Gasteiger partial charge on any atom is 0.116 e. The van der Waals surface area contributed by atoms with Crippen molar-refractivity contribution in [2.24, 2.45) is 0 Å². The van der Waals surface area contributed by atoms with E-state index in [1.165, 1.54) is 4.88 Å². The van der Waals surface area contributed by atoms with E-state index in [4.69, 9.17) is 0 Å². The fourth-order valence-corrected chi connectivity index (χ4v) is 2.72. The first kappa shape index (κ1) is 9.93. The molecule has 0 N–H and O–H groups in total. The van der Waals surface area contributed by atoms with Gasteiger partial charge >= 0.3 is 0 Å². The number of halogens is 1. The summed E-state index contributed by atoms with van der Waals surface area (Å²) in [6, 6.07) is 10.2. The molecule has 0 unspecified atom stereocenters. The van der Waals surface area contributed by atoms with E-state index in [0.29, 0.717) is 0 Å². The summed E-state index contributed by atoms with van der Waals surface area (Å²) in [7, 11) is 0. The van der Waals surface area contributed by atoms with E-state index in [9.17, 15) is 0 Å². The van der Waals surface area contributed by atoms with Gasteiger partial charge in [0.1, 0.15) is 6.33 Å². The Bertz CT molecular complexity index is 635. The molecule has 0 saturated carbocycles. The van der Waals surface area contributed by atoms with Crippen LogP contribution in [-0.2, 0) is 0 Å². The van der Waals surface area contributed by atoms with Gasteiger partial charge in [-0.25, -0.2) is 9.97 Å². The van der Waals surface area contributed by atoms with Crippen LogP contribution < -0.4 is 0 Å². The molecule has 0 spiro atoms. The number of nitrogens with zero attached hydrogens (tertiary/aromatic N) is 2. The average molecular weight is 291 g/mol. The number of fused-ring (bicyclic) bond motifs is 1. The van der Waals surface area contributed by atoms with Crippen LogP contribution in [-0.4, -0.2) is 9.97 Å². The van der Waals surface area contributed by atoms with Gasteiger partial charge in [-0.15, -0.1) is 11.3 Å². The SMILES string of the molecule is Brc1ccc2c(-c3cccs3)ncnc2c1. The van der Waals surface area contributed by atoms with E-state index in [2.05, 4.69) is 43.4 Å². The van der Waals surface area contributed by atoms with Crippen LogP contribution >= 0.6 is 27.3 Å². The van der Waals surface area contributed by atoms with Crippen molar-refractivity contribution < 1.29 is 0 Å². The fourth-order valence-electron chi connectivity index (χ4n) is 1.64. The van der Waals surface area contributed by atoms with Crippen molar-refractivity contribution in [2.45, 2.75) is 0 Å². The summed E-state index contributed by atoms with van der Waals surface area (Å²) in [6.07, 6.45) is 1.61. The normalized spacial score (nSPS) is 10.8. The molecular weight excluding hydrogens is 284 g/mol. The second-order valence-electron chi connectivity index (χ2n) is 3.36. The van der Waals surface area contributed by atoms with Gasteiger partial charge in [0.2, 0.25) is 0 Å². The van der Waals surface area contributed by atoms with Gasteiger partial charge in [-0.2, -0.15) is 0 Å². The van der Waals surface area contributed by atoms with E-state index >= 15 is 0 Å². The molecule has 78 valence electrons. The van der Waals surface area contributed by atoms with E-state index in [1.54, 1.807) is 17.7 Å². The Kier molecular flexibility index (Phi) is 2.46. The maximum absolute atomic E-state index is 4.36. The quantitative estimate of drug-likeness (QED) is 0.674. The van der Waals surface area contributed by atoms with E-state index in [-0.39, 0.29) is 0 Å². The minimum absolute atomic E-state index is 0.966. The first-order chi connectivity index (χ1) is 7.84. The number of hydrogen-bond acceptors (Lipinski definition) is 3. The molecule has 2 aromatic heterocycles. The van der Waals surface area contributed by atoms with Crippen molar-refractivity contribution in [3.8, 4) is 10.6 Å². The summed E-state index contributed by atoms with van der Waals surface area (Å²) in [5.41, 5.74) is 1.97. The lowest BCUT2D eigenvalue weighted by molar-refractivity contribution is 1.23. The summed E-state index contributed by atoms with van der Waals surface area (Å²) in [4.78, 5) is 9.81. The molecule has 3 rings (SSSR count). The Morgan fingerprint density at radius 2 is 2.06 bits per heavy atom. The summed E-state index contributed by atoms with van der Waals surface area (Å²) < 4.78 is 1.04. The molecule has 0 amide bonds. The molecule has 0 aliphatic rings. The van der Waals surface area contributed by atoms with Crippen LogP contribution in [0.5, 0.6) is 0 Å². The van der Waals surface area contributed by atoms with Gasteiger partial charge in [0, 0.05) is 9.86 Å². The predicted molar refractivity (Wildman–Crippen MR) is 70.6 cm³/mol. The van der Waals surface area contributed by atoms with Crippen LogP contribution in [0.4, 0.5) is 0 Å². The van der Waals surface area contributed by atoms with Crippen LogP contribution in [0.3, 0.4) is 0 Å². The second kappa shape index (κ2) is 3.96. The largest absolute Gasteiger partial charge is 0.236 e. The van der Waals surface area contributed by atoms with Gasteiger partial charge in [0.05, 0.1) is 16.1 Å². The lowest BCUT2D eigenvalue weighted by atomic mass is 10.1. The Labute approximate surface area is 105 Å². The highest BCUT2D eigenvalue weighted by atomic mass is 79.9. The number of aromatic nitrogens is 2. The Morgan fingerprint density at radius 1 is 1.12 bits per heavy atom. The Hall–Kier alpha value is -1.26. The summed E-state index contributed by atoms with van der Waals surface area (Å²) in [5, 5.41) is 3.15. The van der Waals surface area contributed by atoms with Gasteiger partial charge < -0.3 is 0 Å². The third-order valence-electron chi connectivity index (χ3n) is 2.35. The number of benzene rings is 1. The van der Waals surface area contributed by atoms with Gasteiger partial charge in [-0.1, -0.05) is 22.0 Å². The van der Waals surface area contributed by atoms with Crippen LogP contribution in [0.25, 0.3) is 21.5 Å². The van der Waals surface area contributed by atoms with Crippen LogP contribution in [0.1, 0.15) is 0 Å². The lowest BCUT2D eigenvalue weighted by Crippen LogP contribution is -1.86. The van der Waals surface area contributed by atoms with Gasteiger partial charge in [0.25, 0.3) is 0 Å². The molecule has 2 heterocycles. The summed E-state index contributed by atoms with van der Waals surface area (Å²) in [6.45, 7) is 0. The lowest BCUT2D eigenvalue weighted by Gasteiger charge is -2.02. The second-order valence-corrected chi connectivity index (χ2v) is 5.22. The standard InChI is InChI=1S/C12H7BrN2S/c13-8-3-4-9-10(6-8)14-7-15-12(9)11-2-1-5-16-11/h1-7H. The zero-order valence-electron chi connectivity index (χ0n) is 8.22. The van der Waals surface area contributed by atoms with Crippen molar-refractivity contribution in [3.63, 3.8) is 0 Å². The molecule has 0 atom stereocenters. The monoisotopic (exact) mass is 290 g/mol. The van der Waals surface area contributed by atoms with Crippen LogP contribution in [0.2, 0.25) is 0 Å². The zero-order chi connectivity index (χ0) is 11.0. The minimum atomic E-state index is 0.966. The molecule has 16 heavy (non-hydrogen) atoms. The molecule has 4 heteroatoms. The molecule has 0 aliphatic carbocycles. The Morgan fingerprint density at radius 3 is 2.88 bits per heavy atom. The van der Waals surface area contributed by atoms with Crippen molar-refractivity contribution in [1.82, 2.24) is 9.97 Å². The molecule has 0 radical (unpaired) electrons. The molecule has 2 nitrogen and oxygen atoms in total. The smallest absolute Gasteiger partial charge is 0.116 e. The predicted octanol–water partition coefficient (Wildman–Crippen LogP) is 4.12. The van der Waals surface area contributed by atoms with Crippen molar-refractivity contribution in [2.75, 3.05) is 0 Å². The van der Waals surface area contributed by atoms with Gasteiger partial charge in [-0.05, 0) is 29.6 Å². The first-order valence-electron chi connectivity index (χ1n) is 4.79. The average Bonchev–Trinajstić information content (AvgIpc) is 2.81. The summed E-state index contributed by atoms with van der Waals surface area (Å²) in [5.74, 6) is 0. The molecule has 3 aromatic rings. The van der Waals surface area contributed by atoms with Crippen LogP contribution in [0.15, 0.2) is 46.5 Å². The number of rotatable bonds is 1. The summed E-state index contributed by atoms with van der Waals surface area (Å²) >= 11 is 5.14. The van der Waals surface area contributed by atoms with E-state index < -0.39 is 0 Å². The van der Waals surface area contributed by atoms with Crippen molar-refractivity contribution in [3.05, 3.63) is 46.5 Å². The Balaban J connectivity index is 2.34. The minimum Gasteiger partial charge on any atom is -0.236 e. The highest BCUT2D eigenvalue weighted by Gasteiger charge is 2.06. The third-order valence-corrected chi connectivity index (χ3v) is 3.72. The zero-order valence-corrected chi connectivity index (χ0v) is 10.6. The van der Waals surface area contributed by atoms with Crippen molar-refractivity contribution in [1.29, 1.82) is 0 Å². The fraction of sp³-hybridized carbons (Fsp3) is 0. The molecule has 0 saturated heterocycles. The first-order valence-corrected chi connectivity index (χ1v) is 6.46. The molecule has 0 fully saturated rings. The molecule has 0 aliphatic heterocycles. The topological polar surface area (TPSA) is 25.8 Å². The highest BCUT2D eigenvalue weighted by Crippen LogP contribution is 2.29. The number of hydrogen-bond donors (Lipinski definition) is 0. The maximum atomic E-state index is 4.36. The third kappa shape index (κ3) is 1.64. The number of thiophene rings is 1. The van der Waals surface area contributed by atoms with E-state index in [1.807, 2.05) is 18.2 Å².